The van der Waals surface area contributed by atoms with Crippen molar-refractivity contribution in [1.29, 1.82) is 0 Å². The number of ether oxygens (including phenoxy) is 1. The summed E-state index contributed by atoms with van der Waals surface area (Å²) in [6.45, 7) is 0.188. The Kier molecular flexibility index (Phi) is 4.23. The van der Waals surface area contributed by atoms with Crippen LogP contribution < -0.4 is 5.32 Å². The lowest BCUT2D eigenvalue weighted by atomic mass is 10.1. The molecule has 1 saturated carbocycles. The number of rotatable bonds is 5. The second kappa shape index (κ2) is 6.48. The van der Waals surface area contributed by atoms with Crippen molar-refractivity contribution in [3.05, 3.63) is 59.8 Å². The third-order valence-electron chi connectivity index (χ3n) is 3.77. The van der Waals surface area contributed by atoms with Crippen molar-refractivity contribution < 1.29 is 19.4 Å². The quantitative estimate of drug-likeness (QED) is 0.886. The van der Waals surface area contributed by atoms with Crippen LogP contribution in [0.4, 0.5) is 10.6 Å². The van der Waals surface area contributed by atoms with Gasteiger partial charge in [-0.25, -0.2) is 9.78 Å². The van der Waals surface area contributed by atoms with Gasteiger partial charge in [0.2, 0.25) is 0 Å². The van der Waals surface area contributed by atoms with E-state index in [0.29, 0.717) is 12.2 Å². The van der Waals surface area contributed by atoms with Crippen molar-refractivity contribution in [3.63, 3.8) is 0 Å². The molecule has 1 aromatic heterocycles. The van der Waals surface area contributed by atoms with Crippen LogP contribution in [0.15, 0.2) is 48.7 Å². The van der Waals surface area contributed by atoms with Gasteiger partial charge in [0.15, 0.2) is 0 Å². The Labute approximate surface area is 133 Å². The van der Waals surface area contributed by atoms with Gasteiger partial charge in [-0.2, -0.15) is 0 Å². The highest BCUT2D eigenvalue weighted by Crippen LogP contribution is 2.47. The summed E-state index contributed by atoms with van der Waals surface area (Å²) in [5, 5.41) is 11.5. The van der Waals surface area contributed by atoms with Crippen LogP contribution in [-0.2, 0) is 16.1 Å². The van der Waals surface area contributed by atoms with Crippen LogP contribution in [0, 0.1) is 5.92 Å². The maximum Gasteiger partial charge on any atom is 0.413 e. The number of pyridine rings is 1. The number of carbonyl (C=O) groups is 2. The molecular weight excluding hydrogens is 296 g/mol. The Morgan fingerprint density at radius 2 is 2.00 bits per heavy atom. The van der Waals surface area contributed by atoms with E-state index in [4.69, 9.17) is 9.84 Å². The monoisotopic (exact) mass is 312 g/mol. The van der Waals surface area contributed by atoms with E-state index in [-0.39, 0.29) is 18.4 Å². The highest BCUT2D eigenvalue weighted by atomic mass is 16.5. The van der Waals surface area contributed by atoms with Crippen molar-refractivity contribution in [1.82, 2.24) is 4.98 Å². The molecule has 0 spiro atoms. The average molecular weight is 312 g/mol. The molecule has 0 unspecified atom stereocenters. The fraction of sp³-hybridized carbons (Fsp3) is 0.235. The van der Waals surface area contributed by atoms with Crippen LogP contribution in [0.2, 0.25) is 0 Å². The number of carbonyl (C=O) groups excluding carboxylic acids is 1. The first-order valence-electron chi connectivity index (χ1n) is 7.30. The van der Waals surface area contributed by atoms with E-state index in [1.807, 2.05) is 30.3 Å². The number of nitrogens with zero attached hydrogens (tertiary/aromatic N) is 1. The largest absolute Gasteiger partial charge is 0.481 e. The smallest absolute Gasteiger partial charge is 0.413 e. The Morgan fingerprint density at radius 1 is 1.22 bits per heavy atom. The van der Waals surface area contributed by atoms with E-state index in [0.717, 1.165) is 11.1 Å². The number of carboxylic acid groups (broad SMARTS) is 1. The van der Waals surface area contributed by atoms with Crippen molar-refractivity contribution in [2.24, 2.45) is 5.92 Å². The molecular formula is C17H16N2O4. The Hall–Kier alpha value is -2.89. The van der Waals surface area contributed by atoms with Gasteiger partial charge >= 0.3 is 12.1 Å². The van der Waals surface area contributed by atoms with E-state index in [1.165, 1.54) is 0 Å². The molecule has 0 aliphatic heterocycles. The predicted octanol–water partition coefficient (Wildman–Crippen LogP) is 3.02. The summed E-state index contributed by atoms with van der Waals surface area (Å²) < 4.78 is 5.10. The Balaban J connectivity index is 1.50. The summed E-state index contributed by atoms with van der Waals surface area (Å²) >= 11 is 0. The normalized spacial score (nSPS) is 19.0. The van der Waals surface area contributed by atoms with E-state index >= 15 is 0 Å². The zero-order valence-corrected chi connectivity index (χ0v) is 12.3. The minimum absolute atomic E-state index is 0.0269. The number of aromatic nitrogens is 1. The first-order valence-corrected chi connectivity index (χ1v) is 7.30. The van der Waals surface area contributed by atoms with Crippen LogP contribution in [0.1, 0.15) is 23.5 Å². The average Bonchev–Trinajstić information content (AvgIpc) is 3.36. The van der Waals surface area contributed by atoms with Crippen LogP contribution >= 0.6 is 0 Å². The molecule has 2 aromatic rings. The maximum atomic E-state index is 11.7. The molecule has 6 nitrogen and oxygen atoms in total. The van der Waals surface area contributed by atoms with Gasteiger partial charge in [-0.05, 0) is 29.5 Å². The molecule has 6 heteroatoms. The maximum absolute atomic E-state index is 11.7. The fourth-order valence-electron chi connectivity index (χ4n) is 2.40. The van der Waals surface area contributed by atoms with Crippen LogP contribution in [0.5, 0.6) is 0 Å². The number of nitrogens with one attached hydrogen (secondary N) is 1. The number of anilines is 1. The van der Waals surface area contributed by atoms with Gasteiger partial charge in [-0.3, -0.25) is 10.1 Å². The van der Waals surface area contributed by atoms with E-state index < -0.39 is 12.1 Å². The molecule has 1 aliphatic carbocycles. The number of benzene rings is 1. The Bertz CT molecular complexity index is 700. The highest BCUT2D eigenvalue weighted by Gasteiger charge is 2.44. The van der Waals surface area contributed by atoms with E-state index in [9.17, 15) is 9.59 Å². The SMILES string of the molecule is O=C(Nc1ccc([C@@H]2C[C@H]2C(=O)O)cn1)OCc1ccccc1. The van der Waals surface area contributed by atoms with Crippen LogP contribution in [-0.4, -0.2) is 22.2 Å². The van der Waals surface area contributed by atoms with Gasteiger partial charge in [-0.15, -0.1) is 0 Å². The van der Waals surface area contributed by atoms with Gasteiger partial charge in [-0.1, -0.05) is 36.4 Å². The lowest BCUT2D eigenvalue weighted by Gasteiger charge is -2.07. The lowest BCUT2D eigenvalue weighted by molar-refractivity contribution is -0.138. The molecule has 2 atom stereocenters. The van der Waals surface area contributed by atoms with E-state index in [1.54, 1.807) is 18.3 Å². The predicted molar refractivity (Wildman–Crippen MR) is 83.0 cm³/mol. The molecule has 118 valence electrons. The number of carboxylic acids is 1. The molecule has 1 fully saturated rings. The van der Waals surface area contributed by atoms with Gasteiger partial charge < -0.3 is 9.84 Å². The standard InChI is InChI=1S/C17H16N2O4/c20-16(21)14-8-13(14)12-6-7-15(18-9-12)19-17(22)23-10-11-4-2-1-3-5-11/h1-7,9,13-14H,8,10H2,(H,20,21)(H,18,19,22)/t13-,14+/m0/s1. The molecule has 1 heterocycles. The van der Waals surface area contributed by atoms with Gasteiger partial charge in [0.1, 0.15) is 12.4 Å². The topological polar surface area (TPSA) is 88.5 Å². The first-order chi connectivity index (χ1) is 11.1. The lowest BCUT2D eigenvalue weighted by Crippen LogP contribution is -2.14. The zero-order valence-electron chi connectivity index (χ0n) is 12.3. The second-order valence-electron chi connectivity index (χ2n) is 5.45. The number of hydrogen-bond donors (Lipinski definition) is 2. The molecule has 1 aromatic carbocycles. The molecule has 3 rings (SSSR count). The summed E-state index contributed by atoms with van der Waals surface area (Å²) in [5.74, 6) is -0.688. The van der Waals surface area contributed by atoms with Crippen molar-refractivity contribution in [2.75, 3.05) is 5.32 Å². The summed E-state index contributed by atoms with van der Waals surface area (Å²) in [5.41, 5.74) is 1.78. The van der Waals surface area contributed by atoms with Crippen molar-refractivity contribution in [2.45, 2.75) is 18.9 Å². The second-order valence-corrected chi connectivity index (χ2v) is 5.45. The number of aliphatic carboxylic acids is 1. The minimum atomic E-state index is -0.776. The molecule has 1 amide bonds. The van der Waals surface area contributed by atoms with Gasteiger partial charge in [0.05, 0.1) is 5.92 Å². The highest BCUT2D eigenvalue weighted by molar-refractivity contribution is 5.83. The third-order valence-corrected chi connectivity index (χ3v) is 3.77. The number of amides is 1. The summed E-state index contributed by atoms with van der Waals surface area (Å²) in [7, 11) is 0. The third kappa shape index (κ3) is 3.85. The molecule has 0 radical (unpaired) electrons. The molecule has 0 saturated heterocycles. The van der Waals surface area contributed by atoms with Gasteiger partial charge in [0, 0.05) is 6.20 Å². The fourth-order valence-corrected chi connectivity index (χ4v) is 2.40. The summed E-state index contributed by atoms with van der Waals surface area (Å²) in [6, 6.07) is 12.8. The first kappa shape index (κ1) is 15.0. The van der Waals surface area contributed by atoms with Crippen LogP contribution in [0.3, 0.4) is 0 Å². The molecule has 1 aliphatic rings. The summed E-state index contributed by atoms with van der Waals surface area (Å²) in [6.07, 6.45) is 1.66. The van der Waals surface area contributed by atoms with E-state index in [2.05, 4.69) is 10.3 Å². The zero-order chi connectivity index (χ0) is 16.2. The van der Waals surface area contributed by atoms with Gasteiger partial charge in [0.25, 0.3) is 0 Å². The van der Waals surface area contributed by atoms with Crippen molar-refractivity contribution in [3.8, 4) is 0 Å². The Morgan fingerprint density at radius 3 is 2.61 bits per heavy atom. The van der Waals surface area contributed by atoms with Crippen LogP contribution in [0.25, 0.3) is 0 Å². The number of hydrogen-bond acceptors (Lipinski definition) is 4. The minimum Gasteiger partial charge on any atom is -0.481 e. The molecule has 0 bridgehead atoms. The summed E-state index contributed by atoms with van der Waals surface area (Å²) in [4.78, 5) is 26.7. The van der Waals surface area contributed by atoms with Crippen molar-refractivity contribution >= 4 is 17.9 Å². The molecule has 2 N–H and O–H groups in total. The molecule has 23 heavy (non-hydrogen) atoms.